The summed E-state index contributed by atoms with van der Waals surface area (Å²) in [7, 11) is -4.39. The molecule has 23 heavy (non-hydrogen) atoms. The third-order valence-corrected chi connectivity index (χ3v) is 4.87. The van der Waals surface area contributed by atoms with E-state index in [1.165, 1.54) is 50.7 Å². The van der Waals surface area contributed by atoms with Gasteiger partial charge in [-0.15, -0.1) is 0 Å². The summed E-state index contributed by atoms with van der Waals surface area (Å²) in [6.45, 7) is 2.22. The number of rotatable bonds is 9. The molecule has 1 aliphatic heterocycles. The van der Waals surface area contributed by atoms with Crippen LogP contribution in [-0.4, -0.2) is 19.1 Å². The van der Waals surface area contributed by atoms with Crippen LogP contribution in [0.3, 0.4) is 0 Å². The fourth-order valence-corrected chi connectivity index (χ4v) is 3.28. The van der Waals surface area contributed by atoms with Crippen molar-refractivity contribution in [3.63, 3.8) is 0 Å². The van der Waals surface area contributed by atoms with Crippen LogP contribution in [0, 0.1) is 0 Å². The second-order valence-electron chi connectivity index (χ2n) is 5.91. The molecule has 1 aromatic rings. The Balaban J connectivity index is 0.00000264. The Hall–Kier alpha value is 0.366. The first-order chi connectivity index (χ1) is 10.5. The number of fused-ring (bicyclic) bond motifs is 1. The van der Waals surface area contributed by atoms with E-state index in [1.807, 2.05) is 0 Å². The maximum absolute atomic E-state index is 11.0. The predicted molar refractivity (Wildman–Crippen MR) is 88.0 cm³/mol. The SMILES string of the molecule is CCCCCCCCCC1Nc2ccc(S(=O)(=O)[O-])cc2N1.[K+]. The molecule has 7 heteroatoms. The Bertz CT molecular complexity index is 593. The minimum atomic E-state index is -4.39. The molecular weight excluding hydrogens is 339 g/mol. The molecule has 1 aromatic carbocycles. The van der Waals surface area contributed by atoms with Gasteiger partial charge in [0.2, 0.25) is 0 Å². The quantitative estimate of drug-likeness (QED) is 0.386. The first-order valence-electron chi connectivity index (χ1n) is 8.13. The van der Waals surface area contributed by atoms with E-state index in [1.54, 1.807) is 6.07 Å². The summed E-state index contributed by atoms with van der Waals surface area (Å²) in [6.07, 6.45) is 9.98. The van der Waals surface area contributed by atoms with Gasteiger partial charge in [-0.2, -0.15) is 0 Å². The van der Waals surface area contributed by atoms with Gasteiger partial charge in [0.25, 0.3) is 0 Å². The standard InChI is InChI=1S/C16H26N2O3S.K/c1-2-3-4-5-6-7-8-9-16-17-14-11-10-13(22(19,20)21)12-15(14)18-16;/h10-12,16-18H,2-9H2,1H3,(H,19,20,21);/q;+1/p-1. The topological polar surface area (TPSA) is 81.3 Å². The fourth-order valence-electron chi connectivity index (χ4n) is 2.79. The van der Waals surface area contributed by atoms with Crippen LogP contribution in [0.15, 0.2) is 23.1 Å². The van der Waals surface area contributed by atoms with Crippen LogP contribution in [0.25, 0.3) is 0 Å². The van der Waals surface area contributed by atoms with Gasteiger partial charge in [0, 0.05) is 0 Å². The van der Waals surface area contributed by atoms with Gasteiger partial charge in [-0.1, -0.05) is 45.4 Å². The summed E-state index contributed by atoms with van der Waals surface area (Å²) in [5.74, 6) is 0. The van der Waals surface area contributed by atoms with Crippen LogP contribution in [0.1, 0.15) is 58.3 Å². The minimum absolute atomic E-state index is 0. The summed E-state index contributed by atoms with van der Waals surface area (Å²) in [6, 6.07) is 4.42. The molecular formula is C16H25KN2O3S. The van der Waals surface area contributed by atoms with Crippen molar-refractivity contribution in [2.24, 2.45) is 0 Å². The molecule has 0 saturated heterocycles. The van der Waals surface area contributed by atoms with Crippen molar-refractivity contribution in [2.45, 2.75) is 69.4 Å². The van der Waals surface area contributed by atoms with E-state index < -0.39 is 10.1 Å². The number of benzene rings is 1. The number of unbranched alkanes of at least 4 members (excludes halogenated alkanes) is 6. The molecule has 0 aliphatic carbocycles. The van der Waals surface area contributed by atoms with E-state index in [2.05, 4.69) is 17.6 Å². The normalized spacial score (nSPS) is 16.2. The molecule has 1 heterocycles. The largest absolute Gasteiger partial charge is 1.00 e. The smallest absolute Gasteiger partial charge is 0.744 e. The molecule has 0 bridgehead atoms. The number of hydrogen-bond donors (Lipinski definition) is 2. The first-order valence-corrected chi connectivity index (χ1v) is 9.54. The van der Waals surface area contributed by atoms with E-state index in [4.69, 9.17) is 0 Å². The van der Waals surface area contributed by atoms with E-state index in [9.17, 15) is 13.0 Å². The molecule has 1 unspecified atom stereocenters. The maximum Gasteiger partial charge on any atom is 1.00 e. The predicted octanol–water partition coefficient (Wildman–Crippen LogP) is 0.899. The van der Waals surface area contributed by atoms with Crippen LogP contribution >= 0.6 is 0 Å². The van der Waals surface area contributed by atoms with Crippen LogP contribution in [-0.2, 0) is 10.1 Å². The Morgan fingerprint density at radius 3 is 2.26 bits per heavy atom. The molecule has 124 valence electrons. The van der Waals surface area contributed by atoms with Gasteiger partial charge in [-0.3, -0.25) is 0 Å². The molecule has 0 amide bonds. The van der Waals surface area contributed by atoms with Gasteiger partial charge >= 0.3 is 51.4 Å². The molecule has 0 spiro atoms. The summed E-state index contributed by atoms with van der Waals surface area (Å²) >= 11 is 0. The van der Waals surface area contributed by atoms with E-state index >= 15 is 0 Å². The number of anilines is 2. The van der Waals surface area contributed by atoms with Crippen LogP contribution in [0.4, 0.5) is 11.4 Å². The van der Waals surface area contributed by atoms with Gasteiger partial charge in [-0.05, 0) is 31.0 Å². The van der Waals surface area contributed by atoms with Crippen LogP contribution in [0.2, 0.25) is 0 Å². The third-order valence-electron chi connectivity index (χ3n) is 4.04. The van der Waals surface area contributed by atoms with Crippen molar-refractivity contribution in [1.82, 2.24) is 0 Å². The molecule has 0 saturated carbocycles. The number of hydrogen-bond acceptors (Lipinski definition) is 5. The third kappa shape index (κ3) is 7.01. The monoisotopic (exact) mass is 364 g/mol. The van der Waals surface area contributed by atoms with Gasteiger partial charge in [0.15, 0.2) is 0 Å². The fraction of sp³-hybridized carbons (Fsp3) is 0.625. The first kappa shape index (κ1) is 21.4. The van der Waals surface area contributed by atoms with Gasteiger partial charge in [0.05, 0.1) is 22.4 Å². The van der Waals surface area contributed by atoms with Gasteiger partial charge < -0.3 is 15.2 Å². The van der Waals surface area contributed by atoms with E-state index in [0.29, 0.717) is 5.69 Å². The van der Waals surface area contributed by atoms with Crippen LogP contribution < -0.4 is 62.0 Å². The average molecular weight is 365 g/mol. The molecule has 0 radical (unpaired) electrons. The molecule has 1 aliphatic rings. The Kier molecular flexibility index (Phi) is 9.66. The Labute approximate surface area is 182 Å². The zero-order chi connectivity index (χ0) is 16.0. The van der Waals surface area contributed by atoms with E-state index in [-0.39, 0.29) is 62.4 Å². The molecule has 0 aromatic heterocycles. The number of nitrogens with one attached hydrogen (secondary N) is 2. The summed E-state index contributed by atoms with van der Waals surface area (Å²) < 4.78 is 33.1. The molecule has 2 N–H and O–H groups in total. The van der Waals surface area contributed by atoms with E-state index in [0.717, 1.165) is 18.5 Å². The van der Waals surface area contributed by atoms with Crippen molar-refractivity contribution in [3.05, 3.63) is 18.2 Å². The molecule has 2 rings (SSSR count). The second-order valence-corrected chi connectivity index (χ2v) is 7.29. The second kappa shape index (κ2) is 10.4. The Morgan fingerprint density at radius 2 is 1.61 bits per heavy atom. The zero-order valence-corrected chi connectivity index (χ0v) is 18.0. The summed E-state index contributed by atoms with van der Waals surface area (Å²) in [5.41, 5.74) is 1.56. The Morgan fingerprint density at radius 1 is 1.00 bits per heavy atom. The molecule has 0 fully saturated rings. The van der Waals surface area contributed by atoms with Crippen LogP contribution in [0.5, 0.6) is 0 Å². The maximum atomic E-state index is 11.0. The van der Waals surface area contributed by atoms with Crippen molar-refractivity contribution < 1.29 is 64.4 Å². The van der Waals surface area contributed by atoms with Gasteiger partial charge in [-0.25, -0.2) is 8.42 Å². The minimum Gasteiger partial charge on any atom is -0.744 e. The van der Waals surface area contributed by atoms with Crippen molar-refractivity contribution in [1.29, 1.82) is 0 Å². The van der Waals surface area contributed by atoms with Crippen molar-refractivity contribution >= 4 is 21.5 Å². The van der Waals surface area contributed by atoms with Crippen molar-refractivity contribution in [3.8, 4) is 0 Å². The zero-order valence-electron chi connectivity index (χ0n) is 14.1. The van der Waals surface area contributed by atoms with Gasteiger partial charge in [0.1, 0.15) is 10.1 Å². The summed E-state index contributed by atoms with van der Waals surface area (Å²) in [5, 5.41) is 6.56. The molecule has 1 atom stereocenters. The summed E-state index contributed by atoms with van der Waals surface area (Å²) in [4.78, 5) is -0.183. The average Bonchev–Trinajstić information content (AvgIpc) is 2.87. The van der Waals surface area contributed by atoms with Crippen molar-refractivity contribution in [2.75, 3.05) is 10.6 Å². The molecule has 5 nitrogen and oxygen atoms in total.